The molecule has 2 amide bonds. The van der Waals surface area contributed by atoms with Crippen LogP contribution in [0.15, 0.2) is 30.3 Å². The number of ether oxygens (including phenoxy) is 3. The zero-order valence-electron chi connectivity index (χ0n) is 17.5. The summed E-state index contributed by atoms with van der Waals surface area (Å²) in [4.78, 5) is 26.3. The summed E-state index contributed by atoms with van der Waals surface area (Å²) < 4.78 is 16.8. The molecule has 1 aromatic rings. The van der Waals surface area contributed by atoms with E-state index in [-0.39, 0.29) is 18.8 Å². The van der Waals surface area contributed by atoms with E-state index in [1.165, 1.54) is 0 Å². The fourth-order valence-electron chi connectivity index (χ4n) is 4.13. The number of imide groups is 1. The van der Waals surface area contributed by atoms with Gasteiger partial charge in [0.25, 0.3) is 0 Å². The molecule has 1 aromatic carbocycles. The van der Waals surface area contributed by atoms with Gasteiger partial charge in [0.2, 0.25) is 5.91 Å². The second kappa shape index (κ2) is 8.81. The van der Waals surface area contributed by atoms with E-state index in [1.807, 2.05) is 51.1 Å². The molecule has 2 fully saturated rings. The van der Waals surface area contributed by atoms with Crippen molar-refractivity contribution in [2.24, 2.45) is 5.92 Å². The first-order valence-electron chi connectivity index (χ1n) is 10.3. The summed E-state index contributed by atoms with van der Waals surface area (Å²) in [6.45, 7) is 7.53. The van der Waals surface area contributed by atoms with Crippen LogP contribution >= 0.6 is 0 Å². The van der Waals surface area contributed by atoms with Crippen LogP contribution in [0.5, 0.6) is 0 Å². The molecule has 7 nitrogen and oxygen atoms in total. The Labute approximate surface area is 171 Å². The van der Waals surface area contributed by atoms with Crippen molar-refractivity contribution < 1.29 is 28.9 Å². The average Bonchev–Trinajstić information content (AvgIpc) is 3.05. The van der Waals surface area contributed by atoms with Crippen LogP contribution in [0.4, 0.5) is 4.79 Å². The molecule has 160 valence electrons. The molecular weight excluding hydrogens is 374 g/mol. The number of benzene rings is 1. The molecule has 2 heterocycles. The Morgan fingerprint density at radius 3 is 2.62 bits per heavy atom. The second-order valence-corrected chi connectivity index (χ2v) is 8.45. The number of hydrogen-bond donors (Lipinski definition) is 1. The lowest BCUT2D eigenvalue weighted by Gasteiger charge is -2.40. The minimum Gasteiger partial charge on any atom is -0.446 e. The third kappa shape index (κ3) is 5.15. The first-order chi connectivity index (χ1) is 13.7. The molecule has 0 aromatic heterocycles. The molecule has 0 aliphatic carbocycles. The number of hydrogen-bond acceptors (Lipinski definition) is 6. The van der Waals surface area contributed by atoms with E-state index < -0.39 is 35.9 Å². The van der Waals surface area contributed by atoms with Gasteiger partial charge < -0.3 is 19.3 Å². The van der Waals surface area contributed by atoms with E-state index in [4.69, 9.17) is 14.2 Å². The lowest BCUT2D eigenvalue weighted by atomic mass is 9.94. The minimum atomic E-state index is -0.878. The lowest BCUT2D eigenvalue weighted by molar-refractivity contribution is -0.297. The summed E-state index contributed by atoms with van der Waals surface area (Å²) in [5.41, 5.74) is 0.834. The quantitative estimate of drug-likeness (QED) is 0.781. The predicted molar refractivity (Wildman–Crippen MR) is 106 cm³/mol. The number of carbonyl (C=O) groups excluding carboxylic acids is 2. The number of rotatable bonds is 6. The van der Waals surface area contributed by atoms with E-state index in [0.29, 0.717) is 12.8 Å². The molecule has 7 heteroatoms. The van der Waals surface area contributed by atoms with Gasteiger partial charge in [-0.15, -0.1) is 0 Å². The number of aliphatic hydroxyl groups is 1. The van der Waals surface area contributed by atoms with Crippen molar-refractivity contribution in [3.05, 3.63) is 35.9 Å². The molecule has 2 saturated heterocycles. The zero-order valence-corrected chi connectivity index (χ0v) is 17.5. The summed E-state index contributed by atoms with van der Waals surface area (Å²) in [5, 5.41) is 10.6. The summed E-state index contributed by atoms with van der Waals surface area (Å²) in [6.07, 6.45) is 0.253. The highest BCUT2D eigenvalue weighted by atomic mass is 16.7. The third-order valence-electron chi connectivity index (χ3n) is 5.58. The van der Waals surface area contributed by atoms with Crippen molar-refractivity contribution in [1.82, 2.24) is 4.90 Å². The van der Waals surface area contributed by atoms with Crippen LogP contribution in [-0.2, 0) is 19.0 Å². The minimum absolute atomic E-state index is 0.0421. The van der Waals surface area contributed by atoms with Crippen molar-refractivity contribution in [3.63, 3.8) is 0 Å². The Bertz CT molecular complexity index is 721. The van der Waals surface area contributed by atoms with Gasteiger partial charge in [-0.3, -0.25) is 4.79 Å². The standard InChI is InChI=1S/C22H31NO6/c1-14-12-17(29-22(3,4)28-14)10-11-19(24)15(2)20(25)23-18(13-27-21(23)26)16-8-6-5-7-9-16/h5-9,14-15,17-19,24H,10-13H2,1-4H3/t14-,15+,17-,18-,19-/m1/s1. The first-order valence-corrected chi connectivity index (χ1v) is 10.3. The van der Waals surface area contributed by atoms with Crippen molar-refractivity contribution in [1.29, 1.82) is 0 Å². The molecule has 0 radical (unpaired) electrons. The Balaban J connectivity index is 1.60. The Morgan fingerprint density at radius 1 is 1.28 bits per heavy atom. The molecule has 0 bridgehead atoms. The van der Waals surface area contributed by atoms with E-state index in [2.05, 4.69) is 0 Å². The van der Waals surface area contributed by atoms with Crippen LogP contribution in [0.25, 0.3) is 0 Å². The van der Waals surface area contributed by atoms with Crippen molar-refractivity contribution in [2.45, 2.75) is 77.1 Å². The fourth-order valence-corrected chi connectivity index (χ4v) is 4.13. The largest absolute Gasteiger partial charge is 0.446 e. The zero-order chi connectivity index (χ0) is 21.2. The van der Waals surface area contributed by atoms with Crippen LogP contribution < -0.4 is 0 Å². The van der Waals surface area contributed by atoms with Gasteiger partial charge in [0.1, 0.15) is 12.6 Å². The monoisotopic (exact) mass is 405 g/mol. The molecule has 3 rings (SSSR count). The SMILES string of the molecule is C[C@@H]1C[C@@H](CC[C@@H](O)[C@H](C)C(=O)N2C(=O)OC[C@@H]2c2ccccc2)OC(C)(C)O1. The summed E-state index contributed by atoms with van der Waals surface area (Å²) in [7, 11) is 0. The maximum atomic E-state index is 13.0. The fraction of sp³-hybridized carbons (Fsp3) is 0.636. The maximum Gasteiger partial charge on any atom is 0.417 e. The van der Waals surface area contributed by atoms with Gasteiger partial charge in [0.15, 0.2) is 5.79 Å². The second-order valence-electron chi connectivity index (χ2n) is 8.45. The number of amides is 2. The van der Waals surface area contributed by atoms with Gasteiger partial charge in [-0.1, -0.05) is 37.3 Å². The maximum absolute atomic E-state index is 13.0. The topological polar surface area (TPSA) is 85.3 Å². The molecule has 0 spiro atoms. The van der Waals surface area contributed by atoms with E-state index in [9.17, 15) is 14.7 Å². The van der Waals surface area contributed by atoms with Crippen molar-refractivity contribution in [2.75, 3.05) is 6.61 Å². The van der Waals surface area contributed by atoms with E-state index >= 15 is 0 Å². The number of carbonyl (C=O) groups is 2. The van der Waals surface area contributed by atoms with Crippen molar-refractivity contribution in [3.8, 4) is 0 Å². The molecular formula is C22H31NO6. The molecule has 0 saturated carbocycles. The molecule has 29 heavy (non-hydrogen) atoms. The Hall–Kier alpha value is -1.96. The van der Waals surface area contributed by atoms with Crippen LogP contribution in [0.3, 0.4) is 0 Å². The highest BCUT2D eigenvalue weighted by molar-refractivity contribution is 5.95. The van der Waals surface area contributed by atoms with Crippen LogP contribution in [0, 0.1) is 5.92 Å². The third-order valence-corrected chi connectivity index (χ3v) is 5.58. The normalized spacial score (nSPS) is 28.7. The molecule has 2 aliphatic rings. The van der Waals surface area contributed by atoms with E-state index in [0.717, 1.165) is 16.9 Å². The van der Waals surface area contributed by atoms with Gasteiger partial charge in [-0.2, -0.15) is 0 Å². The lowest BCUT2D eigenvalue weighted by Crippen LogP contribution is -2.44. The van der Waals surface area contributed by atoms with Gasteiger partial charge >= 0.3 is 6.09 Å². The van der Waals surface area contributed by atoms with Crippen LogP contribution in [0.2, 0.25) is 0 Å². The van der Waals surface area contributed by atoms with Gasteiger partial charge in [-0.25, -0.2) is 9.69 Å². The van der Waals surface area contributed by atoms with Gasteiger partial charge in [-0.05, 0) is 45.6 Å². The van der Waals surface area contributed by atoms with Gasteiger partial charge in [0, 0.05) is 0 Å². The number of nitrogens with zero attached hydrogens (tertiary/aromatic N) is 1. The highest BCUT2D eigenvalue weighted by Crippen LogP contribution is 2.32. The number of cyclic esters (lactones) is 1. The van der Waals surface area contributed by atoms with E-state index in [1.54, 1.807) is 6.92 Å². The summed E-state index contributed by atoms with van der Waals surface area (Å²) in [5.74, 6) is -1.80. The predicted octanol–water partition coefficient (Wildman–Crippen LogP) is 3.41. The molecule has 5 atom stereocenters. The average molecular weight is 405 g/mol. The molecule has 0 unspecified atom stereocenters. The first kappa shape index (κ1) is 21.7. The molecule has 1 N–H and O–H groups in total. The van der Waals surface area contributed by atoms with Crippen LogP contribution in [0.1, 0.15) is 58.6 Å². The Kier molecular flexibility index (Phi) is 6.61. The van der Waals surface area contributed by atoms with Gasteiger partial charge in [0.05, 0.1) is 24.2 Å². The Morgan fingerprint density at radius 2 is 1.97 bits per heavy atom. The number of aliphatic hydroxyl groups excluding tert-OH is 1. The highest BCUT2D eigenvalue weighted by Gasteiger charge is 2.42. The van der Waals surface area contributed by atoms with Crippen molar-refractivity contribution >= 4 is 12.0 Å². The smallest absolute Gasteiger partial charge is 0.417 e. The summed E-state index contributed by atoms with van der Waals surface area (Å²) in [6, 6.07) is 8.84. The van der Waals surface area contributed by atoms with Crippen LogP contribution in [-0.4, -0.2) is 52.7 Å². The molecule has 2 aliphatic heterocycles. The summed E-state index contributed by atoms with van der Waals surface area (Å²) >= 11 is 0.